The summed E-state index contributed by atoms with van der Waals surface area (Å²) in [4.78, 5) is 26.3. The van der Waals surface area contributed by atoms with Crippen molar-refractivity contribution in [1.82, 2.24) is 15.8 Å². The van der Waals surface area contributed by atoms with E-state index in [0.29, 0.717) is 27.9 Å². The predicted octanol–water partition coefficient (Wildman–Crippen LogP) is 1.21. The first-order valence-corrected chi connectivity index (χ1v) is 9.53. The molecule has 3 rings (SSSR count). The lowest BCUT2D eigenvalue weighted by Gasteiger charge is -2.36. The zero-order valence-corrected chi connectivity index (χ0v) is 17.7. The molecule has 1 aliphatic rings. The van der Waals surface area contributed by atoms with E-state index in [-0.39, 0.29) is 0 Å². The third kappa shape index (κ3) is 4.16. The van der Waals surface area contributed by atoms with Gasteiger partial charge in [-0.15, -0.1) is 0 Å². The number of hydrogen-bond donors (Lipinski definition) is 3. The van der Waals surface area contributed by atoms with Crippen molar-refractivity contribution >= 4 is 30.5 Å². The molecule has 0 spiro atoms. The number of rotatable bonds is 3. The van der Waals surface area contributed by atoms with E-state index in [9.17, 15) is 14.6 Å². The van der Waals surface area contributed by atoms with Crippen LogP contribution in [0, 0.1) is 6.92 Å². The van der Waals surface area contributed by atoms with Crippen molar-refractivity contribution in [3.63, 3.8) is 0 Å². The normalized spacial score (nSPS) is 12.7. The van der Waals surface area contributed by atoms with Crippen molar-refractivity contribution in [3.05, 3.63) is 58.7 Å². The molecule has 1 heterocycles. The van der Waals surface area contributed by atoms with Crippen molar-refractivity contribution in [3.8, 4) is 5.75 Å². The minimum absolute atomic E-state index is 0.336. The minimum atomic E-state index is -1.00. The van der Waals surface area contributed by atoms with Gasteiger partial charge in [-0.2, -0.15) is 5.10 Å². The molecule has 0 fully saturated rings. The summed E-state index contributed by atoms with van der Waals surface area (Å²) >= 11 is 0. The van der Waals surface area contributed by atoms with Crippen LogP contribution in [-0.4, -0.2) is 47.8 Å². The lowest BCUT2D eigenvalue weighted by molar-refractivity contribution is 0.0358. The summed E-state index contributed by atoms with van der Waals surface area (Å²) in [5.41, 5.74) is 4.73. The van der Waals surface area contributed by atoms with Gasteiger partial charge in [0.15, 0.2) is 0 Å². The van der Waals surface area contributed by atoms with Gasteiger partial charge in [-0.25, -0.2) is 5.01 Å². The summed E-state index contributed by atoms with van der Waals surface area (Å²) in [7, 11) is 0.536. The Balaban J connectivity index is 1.92. The molecule has 0 radical (unpaired) electrons. The molecular weight excluding hydrogens is 383 g/mol. The fraction of sp³-hybridized carbons (Fsp3) is 0.286. The molecule has 9 heteroatoms. The quantitative estimate of drug-likeness (QED) is 0.524. The molecule has 0 atom stereocenters. The highest BCUT2D eigenvalue weighted by molar-refractivity contribution is 6.65. The number of methoxy groups -OCH3 is 1. The maximum atomic E-state index is 13.3. The Morgan fingerprint density at radius 2 is 1.97 bits per heavy atom. The largest absolute Gasteiger partial charge is 0.496 e. The zero-order chi connectivity index (χ0) is 22.1. The Kier molecular flexibility index (Phi) is 5.84. The Morgan fingerprint density at radius 3 is 2.63 bits per heavy atom. The predicted molar refractivity (Wildman–Crippen MR) is 116 cm³/mol. The zero-order valence-electron chi connectivity index (χ0n) is 17.7. The van der Waals surface area contributed by atoms with Crippen LogP contribution in [-0.2, 0) is 0 Å². The number of fused-ring (bicyclic) bond motifs is 1. The van der Waals surface area contributed by atoms with Crippen molar-refractivity contribution in [2.45, 2.75) is 33.2 Å². The number of hydrazone groups is 1. The molecule has 0 saturated carbocycles. The molecule has 8 nitrogen and oxygen atoms in total. The van der Waals surface area contributed by atoms with E-state index in [2.05, 4.69) is 15.9 Å². The van der Waals surface area contributed by atoms with Crippen LogP contribution < -0.4 is 21.0 Å². The fourth-order valence-corrected chi connectivity index (χ4v) is 3.20. The number of nitrogens with one attached hydrogen (secondary N) is 2. The lowest BCUT2D eigenvalue weighted by Crippen LogP contribution is -2.56. The van der Waals surface area contributed by atoms with Gasteiger partial charge in [0.2, 0.25) is 0 Å². The highest BCUT2D eigenvalue weighted by Gasteiger charge is 2.31. The maximum Gasteiger partial charge on any atom is 0.464 e. The van der Waals surface area contributed by atoms with Crippen LogP contribution in [0.1, 0.15) is 52.6 Å². The van der Waals surface area contributed by atoms with Crippen LogP contribution in [0.2, 0.25) is 0 Å². The number of hydrazine groups is 1. The standard InChI is InChI=1S/C21H25BN4O4/c1-13-16(7-6-8-18(13)30-5)19(27)24-26(21(2,3)4)20(28)14-9-10-15-12-23-25-22(29)17(15)11-14/h6-12,25,29H,1-5H3,(H,24,27). The smallest absolute Gasteiger partial charge is 0.464 e. The summed E-state index contributed by atoms with van der Waals surface area (Å²) in [5.74, 6) is -0.218. The van der Waals surface area contributed by atoms with Crippen LogP contribution in [0.3, 0.4) is 0 Å². The molecule has 30 heavy (non-hydrogen) atoms. The number of ether oxygens (including phenoxy) is 1. The molecule has 0 aliphatic carbocycles. The van der Waals surface area contributed by atoms with E-state index in [1.54, 1.807) is 56.6 Å². The number of hydrogen-bond acceptors (Lipinski definition) is 6. The molecule has 0 aromatic heterocycles. The third-order valence-electron chi connectivity index (χ3n) is 4.86. The lowest BCUT2D eigenvalue weighted by atomic mass is 9.71. The monoisotopic (exact) mass is 408 g/mol. The van der Waals surface area contributed by atoms with E-state index in [1.807, 2.05) is 20.8 Å². The second-order valence-electron chi connectivity index (χ2n) is 8.02. The van der Waals surface area contributed by atoms with E-state index in [4.69, 9.17) is 4.74 Å². The average molecular weight is 408 g/mol. The van der Waals surface area contributed by atoms with Crippen molar-refractivity contribution in [2.24, 2.45) is 5.10 Å². The number of carbonyl (C=O) groups is 2. The van der Waals surface area contributed by atoms with Crippen molar-refractivity contribution in [1.29, 1.82) is 0 Å². The van der Waals surface area contributed by atoms with Gasteiger partial charge in [0.05, 0.1) is 18.9 Å². The number of amides is 2. The van der Waals surface area contributed by atoms with Crippen LogP contribution in [0.25, 0.3) is 0 Å². The summed E-state index contributed by atoms with van der Waals surface area (Å²) in [6.07, 6.45) is 1.57. The van der Waals surface area contributed by atoms with E-state index < -0.39 is 24.4 Å². The van der Waals surface area contributed by atoms with Crippen molar-refractivity contribution in [2.75, 3.05) is 7.11 Å². The second-order valence-corrected chi connectivity index (χ2v) is 8.02. The van der Waals surface area contributed by atoms with Crippen LogP contribution in [0.4, 0.5) is 0 Å². The maximum absolute atomic E-state index is 13.3. The minimum Gasteiger partial charge on any atom is -0.496 e. The molecule has 0 unspecified atom stereocenters. The van der Waals surface area contributed by atoms with Gasteiger partial charge in [0.1, 0.15) is 5.75 Å². The topological polar surface area (TPSA) is 103 Å². The Bertz CT molecular complexity index is 1020. The van der Waals surface area contributed by atoms with Crippen LogP contribution >= 0.6 is 0 Å². The van der Waals surface area contributed by atoms with Gasteiger partial charge >= 0.3 is 7.05 Å². The highest BCUT2D eigenvalue weighted by atomic mass is 16.5. The Hall–Kier alpha value is -3.33. The van der Waals surface area contributed by atoms with E-state index >= 15 is 0 Å². The van der Waals surface area contributed by atoms with Gasteiger partial charge in [-0.3, -0.25) is 15.0 Å². The molecule has 2 aromatic carbocycles. The molecule has 1 aliphatic heterocycles. The number of benzene rings is 2. The van der Waals surface area contributed by atoms with Gasteiger partial charge in [0.25, 0.3) is 11.8 Å². The molecule has 2 amide bonds. The summed E-state index contributed by atoms with van der Waals surface area (Å²) < 4.78 is 5.29. The van der Waals surface area contributed by atoms with Gasteiger partial charge in [-0.1, -0.05) is 12.1 Å². The van der Waals surface area contributed by atoms with Crippen LogP contribution in [0.15, 0.2) is 41.5 Å². The van der Waals surface area contributed by atoms with Gasteiger partial charge < -0.3 is 15.1 Å². The average Bonchev–Trinajstić information content (AvgIpc) is 2.70. The van der Waals surface area contributed by atoms with E-state index in [0.717, 1.165) is 5.56 Å². The van der Waals surface area contributed by atoms with Crippen molar-refractivity contribution < 1.29 is 19.3 Å². The molecular formula is C21H25BN4O4. The fourth-order valence-electron chi connectivity index (χ4n) is 3.20. The molecule has 0 bridgehead atoms. The summed E-state index contributed by atoms with van der Waals surface area (Å²) in [5, 5.41) is 17.8. The first-order valence-electron chi connectivity index (χ1n) is 9.53. The Labute approximate surface area is 176 Å². The first-order chi connectivity index (χ1) is 14.1. The van der Waals surface area contributed by atoms with E-state index in [1.165, 1.54) is 5.01 Å². The highest BCUT2D eigenvalue weighted by Crippen LogP contribution is 2.22. The molecule has 0 saturated heterocycles. The van der Waals surface area contributed by atoms with Gasteiger partial charge in [-0.05, 0) is 63.0 Å². The molecule has 2 aromatic rings. The van der Waals surface area contributed by atoms with Gasteiger partial charge in [0, 0.05) is 16.7 Å². The number of carbonyl (C=O) groups excluding carboxylic acids is 2. The second kappa shape index (κ2) is 8.20. The summed E-state index contributed by atoms with van der Waals surface area (Å²) in [6, 6.07) is 10.1. The molecule has 3 N–H and O–H groups in total. The van der Waals surface area contributed by atoms with Crippen LogP contribution in [0.5, 0.6) is 5.75 Å². The summed E-state index contributed by atoms with van der Waals surface area (Å²) in [6.45, 7) is 7.26. The Morgan fingerprint density at radius 1 is 1.23 bits per heavy atom. The molecule has 156 valence electrons. The first kappa shape index (κ1) is 21.4. The SMILES string of the molecule is COc1cccc(C(=O)NN(C(=O)c2ccc3c(c2)B(O)NN=C3)C(C)(C)C)c1C. The third-order valence-corrected chi connectivity index (χ3v) is 4.86. The number of nitrogens with zero attached hydrogens (tertiary/aromatic N) is 2.